The molecule has 106 valence electrons. The number of hydrogen-bond acceptors (Lipinski definition) is 4. The van der Waals surface area contributed by atoms with Gasteiger partial charge in [-0.05, 0) is 32.5 Å². The first-order chi connectivity index (χ1) is 8.90. The summed E-state index contributed by atoms with van der Waals surface area (Å²) >= 11 is 0. The van der Waals surface area contributed by atoms with Crippen molar-refractivity contribution in [3.05, 3.63) is 24.0 Å². The molecule has 1 atom stereocenters. The molecule has 1 aromatic rings. The molecule has 0 aliphatic rings. The lowest BCUT2D eigenvalue weighted by atomic mass is 10.0. The first-order valence-electron chi connectivity index (χ1n) is 6.48. The van der Waals surface area contributed by atoms with Crippen molar-refractivity contribution in [3.63, 3.8) is 0 Å². The van der Waals surface area contributed by atoms with E-state index in [4.69, 9.17) is 0 Å². The van der Waals surface area contributed by atoms with Gasteiger partial charge in [-0.3, -0.25) is 9.78 Å². The molecule has 1 aromatic heterocycles. The molecular formula is C14H23N3O2. The lowest BCUT2D eigenvalue weighted by Gasteiger charge is -2.26. The number of amides is 1. The largest absolute Gasteiger partial charge is 0.506 e. The SMILES string of the molecule is CC(C)CC(CNC(=O)c1cncc(O)c1)N(C)C. The third-order valence-corrected chi connectivity index (χ3v) is 2.96. The Morgan fingerprint density at radius 1 is 1.42 bits per heavy atom. The Morgan fingerprint density at radius 2 is 2.11 bits per heavy atom. The van der Waals surface area contributed by atoms with E-state index >= 15 is 0 Å². The Bertz CT molecular complexity index is 419. The molecule has 1 unspecified atom stereocenters. The molecule has 5 heteroatoms. The van der Waals surface area contributed by atoms with Crippen molar-refractivity contribution >= 4 is 5.91 Å². The molecule has 2 N–H and O–H groups in total. The Balaban J connectivity index is 2.57. The highest BCUT2D eigenvalue weighted by molar-refractivity contribution is 5.94. The van der Waals surface area contributed by atoms with Crippen LogP contribution in [0.3, 0.4) is 0 Å². The van der Waals surface area contributed by atoms with Crippen LogP contribution in [0.1, 0.15) is 30.6 Å². The van der Waals surface area contributed by atoms with Crippen LogP contribution in [0.5, 0.6) is 5.75 Å². The van der Waals surface area contributed by atoms with Gasteiger partial charge < -0.3 is 15.3 Å². The van der Waals surface area contributed by atoms with E-state index in [0.29, 0.717) is 24.1 Å². The summed E-state index contributed by atoms with van der Waals surface area (Å²) in [5.74, 6) is 0.365. The quantitative estimate of drug-likeness (QED) is 0.818. The van der Waals surface area contributed by atoms with Crippen LogP contribution in [0.4, 0.5) is 0 Å². The van der Waals surface area contributed by atoms with Gasteiger partial charge in [0.2, 0.25) is 0 Å². The van der Waals surface area contributed by atoms with E-state index in [-0.39, 0.29) is 11.7 Å². The van der Waals surface area contributed by atoms with Crippen LogP contribution >= 0.6 is 0 Å². The van der Waals surface area contributed by atoms with Crippen LogP contribution in [-0.2, 0) is 0 Å². The molecule has 19 heavy (non-hydrogen) atoms. The highest BCUT2D eigenvalue weighted by atomic mass is 16.3. The van der Waals surface area contributed by atoms with Gasteiger partial charge in [-0.15, -0.1) is 0 Å². The Morgan fingerprint density at radius 3 is 2.63 bits per heavy atom. The predicted molar refractivity (Wildman–Crippen MR) is 75.2 cm³/mol. The zero-order chi connectivity index (χ0) is 14.4. The molecule has 0 aliphatic carbocycles. The molecule has 0 spiro atoms. The van der Waals surface area contributed by atoms with Crippen molar-refractivity contribution in [3.8, 4) is 5.75 Å². The second kappa shape index (κ2) is 7.09. The lowest BCUT2D eigenvalue weighted by molar-refractivity contribution is 0.0937. The number of likely N-dealkylation sites (N-methyl/N-ethyl adjacent to an activating group) is 1. The van der Waals surface area contributed by atoms with Gasteiger partial charge in [-0.1, -0.05) is 13.8 Å². The molecule has 1 rings (SSSR count). The van der Waals surface area contributed by atoms with Crippen LogP contribution in [0, 0.1) is 5.92 Å². The van der Waals surface area contributed by atoms with E-state index in [9.17, 15) is 9.90 Å². The highest BCUT2D eigenvalue weighted by Gasteiger charge is 2.15. The summed E-state index contributed by atoms with van der Waals surface area (Å²) in [5.41, 5.74) is 0.377. The molecular weight excluding hydrogens is 242 g/mol. The molecule has 0 saturated carbocycles. The van der Waals surface area contributed by atoms with Gasteiger partial charge in [0.25, 0.3) is 5.91 Å². The van der Waals surface area contributed by atoms with Gasteiger partial charge in [0, 0.05) is 18.8 Å². The van der Waals surface area contributed by atoms with E-state index in [1.165, 1.54) is 18.5 Å². The third kappa shape index (κ3) is 5.26. The fourth-order valence-corrected chi connectivity index (χ4v) is 1.89. The standard InChI is InChI=1S/C14H23N3O2/c1-10(2)5-12(17(3)4)8-16-14(19)11-6-13(18)9-15-7-11/h6-7,9-10,12,18H,5,8H2,1-4H3,(H,16,19). The Kier molecular flexibility index (Phi) is 5.76. The van der Waals surface area contributed by atoms with E-state index in [2.05, 4.69) is 29.0 Å². The van der Waals surface area contributed by atoms with Crippen molar-refractivity contribution in [2.45, 2.75) is 26.3 Å². The topological polar surface area (TPSA) is 65.5 Å². The van der Waals surface area contributed by atoms with Crippen LogP contribution < -0.4 is 5.32 Å². The van der Waals surface area contributed by atoms with Gasteiger partial charge in [0.05, 0.1) is 11.8 Å². The number of rotatable bonds is 6. The van der Waals surface area contributed by atoms with Gasteiger partial charge in [0.15, 0.2) is 0 Å². The number of hydrogen-bond donors (Lipinski definition) is 2. The van der Waals surface area contributed by atoms with Gasteiger partial charge in [-0.25, -0.2) is 0 Å². The molecule has 0 saturated heterocycles. The summed E-state index contributed by atoms with van der Waals surface area (Å²) in [6.45, 7) is 4.91. The number of nitrogens with zero attached hydrogens (tertiary/aromatic N) is 2. The van der Waals surface area contributed by atoms with Crippen LogP contribution in [0.25, 0.3) is 0 Å². The summed E-state index contributed by atoms with van der Waals surface area (Å²) in [6, 6.07) is 1.71. The minimum absolute atomic E-state index is 0.000935. The maximum atomic E-state index is 11.9. The maximum absolute atomic E-state index is 11.9. The van der Waals surface area contributed by atoms with Crippen molar-refractivity contribution in [1.82, 2.24) is 15.2 Å². The fourth-order valence-electron chi connectivity index (χ4n) is 1.89. The number of aromatic hydroxyl groups is 1. The molecule has 5 nitrogen and oxygen atoms in total. The summed E-state index contributed by atoms with van der Waals surface area (Å²) in [4.78, 5) is 17.8. The number of pyridine rings is 1. The smallest absolute Gasteiger partial charge is 0.253 e. The molecule has 0 aromatic carbocycles. The summed E-state index contributed by atoms with van der Waals surface area (Å²) in [6.07, 6.45) is 3.77. The van der Waals surface area contributed by atoms with Gasteiger partial charge in [0.1, 0.15) is 5.75 Å². The maximum Gasteiger partial charge on any atom is 0.253 e. The number of carbonyl (C=O) groups excluding carboxylic acids is 1. The average molecular weight is 265 g/mol. The number of carbonyl (C=O) groups is 1. The van der Waals surface area contributed by atoms with Gasteiger partial charge in [-0.2, -0.15) is 0 Å². The molecule has 0 radical (unpaired) electrons. The summed E-state index contributed by atoms with van der Waals surface area (Å²) < 4.78 is 0. The minimum Gasteiger partial charge on any atom is -0.506 e. The molecule has 0 aliphatic heterocycles. The highest BCUT2D eigenvalue weighted by Crippen LogP contribution is 2.10. The van der Waals surface area contributed by atoms with E-state index in [0.717, 1.165) is 6.42 Å². The fraction of sp³-hybridized carbons (Fsp3) is 0.571. The third-order valence-electron chi connectivity index (χ3n) is 2.96. The first kappa shape index (κ1) is 15.4. The summed E-state index contributed by atoms with van der Waals surface area (Å²) in [5, 5.41) is 12.2. The monoisotopic (exact) mass is 265 g/mol. The Labute approximate surface area is 114 Å². The lowest BCUT2D eigenvalue weighted by Crippen LogP contribution is -2.41. The molecule has 0 bridgehead atoms. The van der Waals surface area contributed by atoms with Crippen molar-refractivity contribution < 1.29 is 9.90 Å². The molecule has 0 fully saturated rings. The average Bonchev–Trinajstić information content (AvgIpc) is 2.33. The van der Waals surface area contributed by atoms with Crippen molar-refractivity contribution in [2.75, 3.05) is 20.6 Å². The molecule has 1 heterocycles. The zero-order valence-corrected chi connectivity index (χ0v) is 12.1. The normalized spacial score (nSPS) is 12.7. The second-order valence-corrected chi connectivity index (χ2v) is 5.39. The van der Waals surface area contributed by atoms with Crippen LogP contribution in [0.15, 0.2) is 18.5 Å². The second-order valence-electron chi connectivity index (χ2n) is 5.39. The minimum atomic E-state index is -0.209. The van der Waals surface area contributed by atoms with E-state index < -0.39 is 0 Å². The Hall–Kier alpha value is -1.62. The zero-order valence-electron chi connectivity index (χ0n) is 12.1. The van der Waals surface area contributed by atoms with Crippen molar-refractivity contribution in [2.24, 2.45) is 5.92 Å². The van der Waals surface area contributed by atoms with Crippen LogP contribution in [0.2, 0.25) is 0 Å². The molecule has 1 amide bonds. The van der Waals surface area contributed by atoms with E-state index in [1.807, 2.05) is 14.1 Å². The number of nitrogens with one attached hydrogen (secondary N) is 1. The van der Waals surface area contributed by atoms with Crippen molar-refractivity contribution in [1.29, 1.82) is 0 Å². The first-order valence-corrected chi connectivity index (χ1v) is 6.48. The number of aromatic nitrogens is 1. The summed E-state index contributed by atoms with van der Waals surface area (Å²) in [7, 11) is 4.02. The van der Waals surface area contributed by atoms with Gasteiger partial charge >= 0.3 is 0 Å². The van der Waals surface area contributed by atoms with E-state index in [1.54, 1.807) is 0 Å². The van der Waals surface area contributed by atoms with Crippen LogP contribution in [-0.4, -0.2) is 47.6 Å². The predicted octanol–water partition coefficient (Wildman–Crippen LogP) is 1.49.